The molecule has 0 fully saturated rings. The SMILES string of the molecule is Cc1ccc(NC(=O)Cn2c(COc3ccccc3Cl)nc3ccccc32)cc1C. The number of hydrogen-bond donors (Lipinski definition) is 1. The number of benzene rings is 3. The van der Waals surface area contributed by atoms with E-state index in [2.05, 4.69) is 10.3 Å². The summed E-state index contributed by atoms with van der Waals surface area (Å²) in [6.07, 6.45) is 0. The highest BCUT2D eigenvalue weighted by atomic mass is 35.5. The Morgan fingerprint density at radius 2 is 1.80 bits per heavy atom. The van der Waals surface area contributed by atoms with Crippen molar-refractivity contribution in [2.24, 2.45) is 0 Å². The summed E-state index contributed by atoms with van der Waals surface area (Å²) in [5, 5.41) is 3.51. The average Bonchev–Trinajstić information content (AvgIpc) is 3.07. The number of amides is 1. The highest BCUT2D eigenvalue weighted by molar-refractivity contribution is 6.32. The molecular formula is C24H22ClN3O2. The molecule has 0 aliphatic heterocycles. The first kappa shape index (κ1) is 20.0. The Hall–Kier alpha value is -3.31. The maximum Gasteiger partial charge on any atom is 0.244 e. The Labute approximate surface area is 180 Å². The number of nitrogens with one attached hydrogen (secondary N) is 1. The van der Waals surface area contributed by atoms with Crippen LogP contribution in [0.5, 0.6) is 5.75 Å². The summed E-state index contributed by atoms with van der Waals surface area (Å²) in [6, 6.07) is 20.9. The van der Waals surface area contributed by atoms with Crippen molar-refractivity contribution in [3.8, 4) is 5.75 Å². The number of aromatic nitrogens is 2. The van der Waals surface area contributed by atoms with Crippen molar-refractivity contribution >= 4 is 34.2 Å². The number of carbonyl (C=O) groups excluding carboxylic acids is 1. The maximum absolute atomic E-state index is 12.8. The quantitative estimate of drug-likeness (QED) is 0.447. The summed E-state index contributed by atoms with van der Waals surface area (Å²) in [6.45, 7) is 4.41. The molecule has 0 unspecified atom stereocenters. The lowest BCUT2D eigenvalue weighted by atomic mass is 10.1. The molecule has 1 amide bonds. The topological polar surface area (TPSA) is 56.2 Å². The zero-order chi connectivity index (χ0) is 21.1. The molecule has 0 aliphatic carbocycles. The van der Waals surface area contributed by atoms with Crippen molar-refractivity contribution in [1.82, 2.24) is 9.55 Å². The van der Waals surface area contributed by atoms with Crippen LogP contribution < -0.4 is 10.1 Å². The first-order valence-corrected chi connectivity index (χ1v) is 10.1. The van der Waals surface area contributed by atoms with Crippen molar-refractivity contribution in [3.63, 3.8) is 0 Å². The first-order chi connectivity index (χ1) is 14.5. The number of para-hydroxylation sites is 3. The smallest absolute Gasteiger partial charge is 0.244 e. The Morgan fingerprint density at radius 1 is 1.03 bits per heavy atom. The van der Waals surface area contributed by atoms with E-state index < -0.39 is 0 Å². The fraction of sp³-hybridized carbons (Fsp3) is 0.167. The number of fused-ring (bicyclic) bond motifs is 1. The van der Waals surface area contributed by atoms with Crippen LogP contribution in [0.3, 0.4) is 0 Å². The van der Waals surface area contributed by atoms with E-state index in [1.165, 1.54) is 5.56 Å². The Balaban J connectivity index is 1.57. The third kappa shape index (κ3) is 4.31. The highest BCUT2D eigenvalue weighted by Gasteiger charge is 2.15. The van der Waals surface area contributed by atoms with Crippen LogP contribution in [0.1, 0.15) is 17.0 Å². The Morgan fingerprint density at radius 3 is 2.60 bits per heavy atom. The van der Waals surface area contributed by atoms with Gasteiger partial charge in [-0.25, -0.2) is 4.98 Å². The van der Waals surface area contributed by atoms with Crippen molar-refractivity contribution in [2.45, 2.75) is 27.0 Å². The van der Waals surface area contributed by atoms with E-state index in [9.17, 15) is 4.79 Å². The normalized spacial score (nSPS) is 10.9. The van der Waals surface area contributed by atoms with Gasteiger partial charge in [0.05, 0.1) is 16.1 Å². The van der Waals surface area contributed by atoms with Crippen LogP contribution in [-0.2, 0) is 17.9 Å². The molecule has 0 radical (unpaired) electrons. The Bertz CT molecular complexity index is 1220. The van der Waals surface area contributed by atoms with Gasteiger partial charge < -0.3 is 14.6 Å². The predicted octanol–water partition coefficient (Wildman–Crippen LogP) is 5.52. The molecule has 1 N–H and O–H groups in total. The predicted molar refractivity (Wildman–Crippen MR) is 120 cm³/mol. The molecule has 0 saturated heterocycles. The molecule has 1 heterocycles. The number of ether oxygens (including phenoxy) is 1. The second kappa shape index (κ2) is 8.59. The van der Waals surface area contributed by atoms with Crippen LogP contribution in [0.15, 0.2) is 66.7 Å². The fourth-order valence-electron chi connectivity index (χ4n) is 3.28. The number of carbonyl (C=O) groups is 1. The van der Waals surface area contributed by atoms with E-state index in [1.54, 1.807) is 6.07 Å². The standard InChI is InChI=1S/C24H22ClN3O2/c1-16-11-12-18(13-17(16)2)26-24(29)14-28-21-9-5-4-8-20(21)27-23(28)15-30-22-10-6-3-7-19(22)25/h3-13H,14-15H2,1-2H3,(H,26,29). The lowest BCUT2D eigenvalue weighted by Crippen LogP contribution is -2.21. The van der Waals surface area contributed by atoms with Gasteiger partial charge in [-0.15, -0.1) is 0 Å². The van der Waals surface area contributed by atoms with Crippen LogP contribution in [0.4, 0.5) is 5.69 Å². The summed E-state index contributed by atoms with van der Waals surface area (Å²) in [5.41, 5.74) is 4.79. The van der Waals surface area contributed by atoms with Gasteiger partial charge in [-0.1, -0.05) is 41.9 Å². The van der Waals surface area contributed by atoms with Crippen molar-refractivity contribution in [3.05, 3.63) is 88.7 Å². The number of halogens is 1. The van der Waals surface area contributed by atoms with Crippen molar-refractivity contribution < 1.29 is 9.53 Å². The second-order valence-corrected chi connectivity index (χ2v) is 7.58. The molecule has 4 aromatic rings. The van der Waals surface area contributed by atoms with E-state index in [1.807, 2.05) is 79.1 Å². The summed E-state index contributed by atoms with van der Waals surface area (Å²) in [7, 11) is 0. The molecule has 0 saturated carbocycles. The number of anilines is 1. The molecule has 0 bridgehead atoms. The molecule has 6 heteroatoms. The minimum atomic E-state index is -0.125. The molecule has 1 aromatic heterocycles. The van der Waals surface area contributed by atoms with Gasteiger partial charge in [-0.3, -0.25) is 4.79 Å². The van der Waals surface area contributed by atoms with Gasteiger partial charge in [-0.05, 0) is 61.4 Å². The van der Waals surface area contributed by atoms with Gasteiger partial charge >= 0.3 is 0 Å². The summed E-state index contributed by atoms with van der Waals surface area (Å²) >= 11 is 6.19. The number of aryl methyl sites for hydroxylation is 2. The molecule has 4 rings (SSSR count). The summed E-state index contributed by atoms with van der Waals surface area (Å²) in [5.74, 6) is 1.11. The van der Waals surface area contributed by atoms with Gasteiger partial charge in [0.15, 0.2) is 0 Å². The van der Waals surface area contributed by atoms with Crippen LogP contribution in [0.25, 0.3) is 11.0 Å². The largest absolute Gasteiger partial charge is 0.484 e. The lowest BCUT2D eigenvalue weighted by Gasteiger charge is -2.12. The van der Waals surface area contributed by atoms with Crippen molar-refractivity contribution in [1.29, 1.82) is 0 Å². The molecule has 3 aromatic carbocycles. The van der Waals surface area contributed by atoms with Crippen LogP contribution in [0.2, 0.25) is 5.02 Å². The minimum Gasteiger partial charge on any atom is -0.484 e. The lowest BCUT2D eigenvalue weighted by molar-refractivity contribution is -0.116. The molecule has 5 nitrogen and oxygen atoms in total. The average molecular weight is 420 g/mol. The Kier molecular flexibility index (Phi) is 5.72. The van der Waals surface area contributed by atoms with E-state index >= 15 is 0 Å². The number of nitrogens with zero attached hydrogens (tertiary/aromatic N) is 2. The molecule has 0 atom stereocenters. The zero-order valence-electron chi connectivity index (χ0n) is 16.9. The fourth-order valence-corrected chi connectivity index (χ4v) is 3.47. The maximum atomic E-state index is 12.8. The summed E-state index contributed by atoms with van der Waals surface area (Å²) < 4.78 is 7.75. The molecule has 152 valence electrons. The van der Waals surface area contributed by atoms with E-state index in [4.69, 9.17) is 16.3 Å². The van der Waals surface area contributed by atoms with Gasteiger partial charge in [-0.2, -0.15) is 0 Å². The molecular weight excluding hydrogens is 398 g/mol. The van der Waals surface area contributed by atoms with Gasteiger partial charge in [0, 0.05) is 5.69 Å². The van der Waals surface area contributed by atoms with E-state index in [-0.39, 0.29) is 19.1 Å². The number of hydrogen-bond acceptors (Lipinski definition) is 3. The molecule has 0 spiro atoms. The van der Waals surface area contributed by atoms with Gasteiger partial charge in [0.2, 0.25) is 5.91 Å². The summed E-state index contributed by atoms with van der Waals surface area (Å²) in [4.78, 5) is 17.4. The zero-order valence-corrected chi connectivity index (χ0v) is 17.6. The molecule has 0 aliphatic rings. The van der Waals surface area contributed by atoms with Crippen molar-refractivity contribution in [2.75, 3.05) is 5.32 Å². The molecule has 30 heavy (non-hydrogen) atoms. The minimum absolute atomic E-state index is 0.125. The second-order valence-electron chi connectivity index (χ2n) is 7.17. The van der Waals surface area contributed by atoms with E-state index in [0.717, 1.165) is 22.3 Å². The highest BCUT2D eigenvalue weighted by Crippen LogP contribution is 2.25. The third-order valence-electron chi connectivity index (χ3n) is 5.02. The van der Waals surface area contributed by atoms with Gasteiger partial charge in [0.25, 0.3) is 0 Å². The monoisotopic (exact) mass is 419 g/mol. The van der Waals surface area contributed by atoms with Crippen LogP contribution in [0, 0.1) is 13.8 Å². The van der Waals surface area contributed by atoms with Gasteiger partial charge in [0.1, 0.15) is 24.7 Å². The first-order valence-electron chi connectivity index (χ1n) is 9.70. The number of imidazole rings is 1. The number of rotatable bonds is 6. The third-order valence-corrected chi connectivity index (χ3v) is 5.33. The van der Waals surface area contributed by atoms with E-state index in [0.29, 0.717) is 16.6 Å². The van der Waals surface area contributed by atoms with Crippen LogP contribution >= 0.6 is 11.6 Å². The van der Waals surface area contributed by atoms with Crippen LogP contribution in [-0.4, -0.2) is 15.5 Å².